The highest BCUT2D eigenvalue weighted by Crippen LogP contribution is 2.32. The number of fused-ring (bicyclic) bond motifs is 1. The van der Waals surface area contributed by atoms with Crippen LogP contribution in [0.5, 0.6) is 0 Å². The van der Waals surface area contributed by atoms with Gasteiger partial charge in [0, 0.05) is 41.1 Å². The molecule has 9 nitrogen and oxygen atoms in total. The molecule has 1 saturated heterocycles. The zero-order valence-electron chi connectivity index (χ0n) is 17.0. The maximum atomic E-state index is 13.5. The van der Waals surface area contributed by atoms with Crippen molar-refractivity contribution in [2.24, 2.45) is 0 Å². The van der Waals surface area contributed by atoms with Crippen molar-refractivity contribution in [2.45, 2.75) is 18.6 Å². The number of hydrogen-bond donors (Lipinski definition) is 3. The van der Waals surface area contributed by atoms with Crippen molar-refractivity contribution in [3.8, 4) is 11.6 Å². The molecule has 2 aromatic heterocycles. The predicted molar refractivity (Wildman–Crippen MR) is 117 cm³/mol. The number of carbonyl (C=O) groups is 2. The third kappa shape index (κ3) is 3.83. The zero-order chi connectivity index (χ0) is 23.2. The van der Waals surface area contributed by atoms with E-state index in [0.717, 1.165) is 17.0 Å². The van der Waals surface area contributed by atoms with Gasteiger partial charge in [0.15, 0.2) is 0 Å². The monoisotopic (exact) mass is 469 g/mol. The van der Waals surface area contributed by atoms with Gasteiger partial charge in [-0.05, 0) is 48.0 Å². The number of nitrogens with zero attached hydrogens (tertiary/aromatic N) is 3. The number of halogens is 2. The first-order chi connectivity index (χ1) is 15.8. The maximum absolute atomic E-state index is 13.5. The van der Waals surface area contributed by atoms with Gasteiger partial charge in [0.1, 0.15) is 11.5 Å². The van der Waals surface area contributed by atoms with Crippen LogP contribution in [0.15, 0.2) is 53.3 Å². The smallest absolute Gasteiger partial charge is 0.268 e. The Balaban J connectivity index is 1.33. The fourth-order valence-electron chi connectivity index (χ4n) is 3.90. The summed E-state index contributed by atoms with van der Waals surface area (Å²) in [6.45, 7) is 0.0701. The Kier molecular flexibility index (Phi) is 5.10. The Hall–Kier alpha value is -3.76. The minimum Gasteiger partial charge on any atom is -0.422 e. The molecule has 5 rings (SSSR count). The van der Waals surface area contributed by atoms with Crippen molar-refractivity contribution in [1.82, 2.24) is 20.5 Å². The summed E-state index contributed by atoms with van der Waals surface area (Å²) in [7, 11) is 0. The number of aliphatic hydroxyl groups is 1. The minimum atomic E-state index is -2.22. The Morgan fingerprint density at radius 3 is 2.91 bits per heavy atom. The van der Waals surface area contributed by atoms with Gasteiger partial charge in [0.05, 0.1) is 0 Å². The van der Waals surface area contributed by atoms with Crippen molar-refractivity contribution in [1.29, 1.82) is 0 Å². The molecule has 0 radical (unpaired) electrons. The van der Waals surface area contributed by atoms with E-state index in [2.05, 4.69) is 20.5 Å². The maximum Gasteiger partial charge on any atom is 0.268 e. The Labute approximate surface area is 191 Å². The SMILES string of the molecule is O=C(NCc1cc(F)cc(Cl)c1)[C@@]1(O)CCN(c2ccc3[nH]c(-c4nnco4)cc3c2)C1=O. The normalized spacial score (nSPS) is 18.3. The van der Waals surface area contributed by atoms with Crippen molar-refractivity contribution >= 4 is 40.0 Å². The summed E-state index contributed by atoms with van der Waals surface area (Å²) in [5.41, 5.74) is 0.138. The molecule has 1 aliphatic rings. The first-order valence-electron chi connectivity index (χ1n) is 10.0. The van der Waals surface area contributed by atoms with E-state index < -0.39 is 23.2 Å². The molecule has 1 aliphatic heterocycles. The number of nitrogens with one attached hydrogen (secondary N) is 2. The number of aromatic amines is 1. The highest BCUT2D eigenvalue weighted by atomic mass is 35.5. The van der Waals surface area contributed by atoms with Crippen LogP contribution < -0.4 is 10.2 Å². The van der Waals surface area contributed by atoms with E-state index in [9.17, 15) is 19.1 Å². The standard InChI is InChI=1S/C22H17ClFN5O4/c23-14-5-12(6-15(24)9-14)10-25-20(30)22(32)3-4-29(21(22)31)16-1-2-17-13(7-16)8-18(27-17)19-28-26-11-33-19/h1-2,5-9,11,27,32H,3-4,10H2,(H,25,30)/t22-/m0/s1. The second-order valence-electron chi connectivity index (χ2n) is 7.73. The minimum absolute atomic E-state index is 0.0834. The number of anilines is 1. The molecule has 3 heterocycles. The van der Waals surface area contributed by atoms with Crippen LogP contribution in [0.1, 0.15) is 12.0 Å². The fraction of sp³-hybridized carbons (Fsp3) is 0.182. The van der Waals surface area contributed by atoms with Gasteiger partial charge < -0.3 is 24.7 Å². The first-order valence-corrected chi connectivity index (χ1v) is 10.4. The Morgan fingerprint density at radius 1 is 1.30 bits per heavy atom. The predicted octanol–water partition coefficient (Wildman–Crippen LogP) is 2.79. The molecule has 1 fully saturated rings. The summed E-state index contributed by atoms with van der Waals surface area (Å²) in [5, 5.41) is 21.8. The molecule has 11 heteroatoms. The highest BCUT2D eigenvalue weighted by molar-refractivity contribution is 6.30. The molecule has 168 valence electrons. The summed E-state index contributed by atoms with van der Waals surface area (Å²) < 4.78 is 18.7. The van der Waals surface area contributed by atoms with Gasteiger partial charge in [-0.1, -0.05) is 11.6 Å². The van der Waals surface area contributed by atoms with Gasteiger partial charge in [0.2, 0.25) is 12.0 Å². The molecule has 0 spiro atoms. The van der Waals surface area contributed by atoms with E-state index >= 15 is 0 Å². The van der Waals surface area contributed by atoms with Crippen LogP contribution >= 0.6 is 11.6 Å². The molecule has 3 N–H and O–H groups in total. The molecule has 2 aromatic carbocycles. The van der Waals surface area contributed by atoms with Crippen molar-refractivity contribution in [2.75, 3.05) is 11.4 Å². The lowest BCUT2D eigenvalue weighted by atomic mass is 10.0. The van der Waals surface area contributed by atoms with Gasteiger partial charge in [-0.3, -0.25) is 9.59 Å². The number of amides is 2. The van der Waals surface area contributed by atoms with Crippen LogP contribution in [-0.2, 0) is 16.1 Å². The third-order valence-electron chi connectivity index (χ3n) is 5.55. The zero-order valence-corrected chi connectivity index (χ0v) is 17.8. The number of rotatable bonds is 5. The first kappa shape index (κ1) is 21.1. The van der Waals surface area contributed by atoms with E-state index in [1.165, 1.54) is 23.4 Å². The van der Waals surface area contributed by atoms with Crippen LogP contribution in [0.2, 0.25) is 5.02 Å². The number of H-pyrrole nitrogens is 1. The van der Waals surface area contributed by atoms with Crippen molar-refractivity contribution in [3.05, 3.63) is 65.3 Å². The quantitative estimate of drug-likeness (QED) is 0.386. The van der Waals surface area contributed by atoms with Crippen LogP contribution in [0.4, 0.5) is 10.1 Å². The van der Waals surface area contributed by atoms with E-state index in [-0.39, 0.29) is 24.5 Å². The van der Waals surface area contributed by atoms with Crippen molar-refractivity contribution in [3.63, 3.8) is 0 Å². The number of benzene rings is 2. The molecule has 33 heavy (non-hydrogen) atoms. The molecule has 1 atom stereocenters. The lowest BCUT2D eigenvalue weighted by molar-refractivity contribution is -0.149. The van der Waals surface area contributed by atoms with Gasteiger partial charge in [-0.2, -0.15) is 0 Å². The van der Waals surface area contributed by atoms with Gasteiger partial charge in [-0.25, -0.2) is 4.39 Å². The Morgan fingerprint density at radius 2 is 2.15 bits per heavy atom. The molecule has 4 aromatic rings. The van der Waals surface area contributed by atoms with E-state index in [0.29, 0.717) is 22.8 Å². The van der Waals surface area contributed by atoms with E-state index in [1.54, 1.807) is 24.3 Å². The molecule has 0 aliphatic carbocycles. The molecule has 0 bridgehead atoms. The van der Waals surface area contributed by atoms with Crippen molar-refractivity contribution < 1.29 is 23.5 Å². The molecule has 2 amide bonds. The molecule has 0 unspecified atom stereocenters. The topological polar surface area (TPSA) is 124 Å². The molecule has 0 saturated carbocycles. The summed E-state index contributed by atoms with van der Waals surface area (Å²) in [4.78, 5) is 30.2. The summed E-state index contributed by atoms with van der Waals surface area (Å²) in [6, 6.07) is 10.9. The largest absolute Gasteiger partial charge is 0.422 e. The average Bonchev–Trinajstić information content (AvgIpc) is 3.51. The lowest BCUT2D eigenvalue weighted by Gasteiger charge is -2.22. The number of carbonyl (C=O) groups excluding carboxylic acids is 2. The van der Waals surface area contributed by atoms with Crippen LogP contribution in [0.3, 0.4) is 0 Å². The summed E-state index contributed by atoms with van der Waals surface area (Å²) in [6.07, 6.45) is 1.14. The lowest BCUT2D eigenvalue weighted by Crippen LogP contribution is -2.52. The second-order valence-corrected chi connectivity index (χ2v) is 8.16. The van der Waals surface area contributed by atoms with Gasteiger partial charge in [-0.15, -0.1) is 10.2 Å². The number of aromatic nitrogens is 3. The van der Waals surface area contributed by atoms with Crippen LogP contribution in [0, 0.1) is 5.82 Å². The molecular weight excluding hydrogens is 453 g/mol. The Bertz CT molecular complexity index is 1350. The summed E-state index contributed by atoms with van der Waals surface area (Å²) in [5.74, 6) is -1.80. The fourth-order valence-corrected chi connectivity index (χ4v) is 4.14. The van der Waals surface area contributed by atoms with Crippen LogP contribution in [0.25, 0.3) is 22.5 Å². The molecular formula is C22H17ClFN5O4. The van der Waals surface area contributed by atoms with E-state index in [1.807, 2.05) is 0 Å². The average molecular weight is 470 g/mol. The number of hydrogen-bond acceptors (Lipinski definition) is 6. The van der Waals surface area contributed by atoms with Crippen LogP contribution in [-0.4, -0.2) is 44.2 Å². The highest BCUT2D eigenvalue weighted by Gasteiger charge is 2.51. The summed E-state index contributed by atoms with van der Waals surface area (Å²) >= 11 is 5.83. The van der Waals surface area contributed by atoms with E-state index in [4.69, 9.17) is 16.0 Å². The third-order valence-corrected chi connectivity index (χ3v) is 5.77. The van der Waals surface area contributed by atoms with Gasteiger partial charge >= 0.3 is 0 Å². The second kappa shape index (κ2) is 7.98. The van der Waals surface area contributed by atoms with Gasteiger partial charge in [0.25, 0.3) is 17.7 Å².